The number of piperazine rings is 1. The molecule has 0 aromatic heterocycles. The minimum Gasteiger partial charge on any atom is -0.481 e. The summed E-state index contributed by atoms with van der Waals surface area (Å²) in [5, 5.41) is 15.4. The van der Waals surface area contributed by atoms with Crippen LogP contribution in [0.25, 0.3) is 0 Å². The number of amides is 2. The number of rotatable bonds is 5. The van der Waals surface area contributed by atoms with Crippen LogP contribution in [0.15, 0.2) is 0 Å². The largest absolute Gasteiger partial charge is 0.481 e. The molecule has 3 heterocycles. The minimum atomic E-state index is -0.761. The van der Waals surface area contributed by atoms with Crippen LogP contribution >= 0.6 is 24.8 Å². The predicted octanol–water partition coefficient (Wildman–Crippen LogP) is 0.848. The number of aliphatic carboxylic acids is 1. The van der Waals surface area contributed by atoms with E-state index in [-0.39, 0.29) is 43.3 Å². The molecule has 0 radical (unpaired) electrons. The van der Waals surface area contributed by atoms with Crippen molar-refractivity contribution in [3.05, 3.63) is 0 Å². The number of carbonyl (C=O) groups is 2. The molecule has 3 N–H and O–H groups in total. The van der Waals surface area contributed by atoms with Crippen LogP contribution in [0.2, 0.25) is 0 Å². The number of halogens is 2. The number of likely N-dealkylation sites (tertiary alicyclic amines) is 1. The molecule has 3 rings (SSSR count). The van der Waals surface area contributed by atoms with Gasteiger partial charge in [-0.05, 0) is 45.3 Å². The highest BCUT2D eigenvalue weighted by Gasteiger charge is 2.28. The van der Waals surface area contributed by atoms with E-state index in [1.165, 1.54) is 12.8 Å². The Kier molecular flexibility index (Phi) is 11.4. The number of piperidine rings is 2. The molecule has 0 bridgehead atoms. The number of carboxylic acids is 1. The molecule has 3 aliphatic rings. The number of hydrogen-bond acceptors (Lipinski definition) is 5. The molecule has 0 aromatic carbocycles. The monoisotopic (exact) mass is 439 g/mol. The van der Waals surface area contributed by atoms with Crippen LogP contribution in [-0.4, -0.2) is 103 Å². The average molecular weight is 440 g/mol. The second kappa shape index (κ2) is 12.7. The number of carbonyl (C=O) groups excluding carboxylic acids is 1. The van der Waals surface area contributed by atoms with Crippen molar-refractivity contribution < 1.29 is 14.7 Å². The first kappa shape index (κ1) is 25.2. The number of urea groups is 1. The summed E-state index contributed by atoms with van der Waals surface area (Å²) < 4.78 is 0. The van der Waals surface area contributed by atoms with E-state index in [1.54, 1.807) is 0 Å². The van der Waals surface area contributed by atoms with E-state index in [4.69, 9.17) is 5.11 Å². The highest BCUT2D eigenvalue weighted by atomic mass is 35.5. The molecule has 10 heteroatoms. The summed E-state index contributed by atoms with van der Waals surface area (Å²) in [6, 6.07) is 0.843. The lowest BCUT2D eigenvalue weighted by molar-refractivity contribution is -0.137. The van der Waals surface area contributed by atoms with Gasteiger partial charge in [-0.3, -0.25) is 9.69 Å². The van der Waals surface area contributed by atoms with Crippen LogP contribution in [0.4, 0.5) is 4.79 Å². The van der Waals surface area contributed by atoms with E-state index >= 15 is 0 Å². The lowest BCUT2D eigenvalue weighted by Gasteiger charge is -2.41. The first-order chi connectivity index (χ1) is 12.6. The van der Waals surface area contributed by atoms with Crippen molar-refractivity contribution in [1.82, 2.24) is 25.3 Å². The Morgan fingerprint density at radius 3 is 2.32 bits per heavy atom. The van der Waals surface area contributed by atoms with Crippen LogP contribution in [0.5, 0.6) is 0 Å². The highest BCUT2D eigenvalue weighted by Crippen LogP contribution is 2.15. The molecule has 0 aliphatic carbocycles. The second-order valence-electron chi connectivity index (χ2n) is 7.74. The molecular weight excluding hydrogens is 405 g/mol. The smallest absolute Gasteiger partial charge is 0.317 e. The van der Waals surface area contributed by atoms with Gasteiger partial charge in [-0.2, -0.15) is 0 Å². The molecule has 0 aromatic rings. The van der Waals surface area contributed by atoms with Gasteiger partial charge in [0.1, 0.15) is 0 Å². The van der Waals surface area contributed by atoms with E-state index in [1.807, 2.05) is 4.90 Å². The maximum atomic E-state index is 12.6. The van der Waals surface area contributed by atoms with E-state index in [0.29, 0.717) is 12.6 Å². The molecule has 1 unspecified atom stereocenters. The van der Waals surface area contributed by atoms with E-state index in [2.05, 4.69) is 20.4 Å². The molecule has 164 valence electrons. The lowest BCUT2D eigenvalue weighted by Crippen LogP contribution is -2.58. The number of nitrogens with zero attached hydrogens (tertiary/aromatic N) is 3. The van der Waals surface area contributed by atoms with Gasteiger partial charge >= 0.3 is 12.0 Å². The van der Waals surface area contributed by atoms with Gasteiger partial charge in [-0.1, -0.05) is 0 Å². The third-order valence-electron chi connectivity index (χ3n) is 5.90. The first-order valence-electron chi connectivity index (χ1n) is 10.1. The zero-order valence-electron chi connectivity index (χ0n) is 16.5. The normalized spacial score (nSPS) is 24.7. The summed E-state index contributed by atoms with van der Waals surface area (Å²) >= 11 is 0. The summed E-state index contributed by atoms with van der Waals surface area (Å²) in [5.74, 6) is -0.761. The van der Waals surface area contributed by atoms with E-state index in [0.717, 1.165) is 65.2 Å². The molecular formula is C18H35Cl2N5O3. The second-order valence-corrected chi connectivity index (χ2v) is 7.74. The van der Waals surface area contributed by atoms with Gasteiger partial charge in [0, 0.05) is 51.4 Å². The Hall–Kier alpha value is -0.800. The fourth-order valence-electron chi connectivity index (χ4n) is 4.36. The molecule has 0 saturated carbocycles. The Labute approximate surface area is 180 Å². The van der Waals surface area contributed by atoms with E-state index in [9.17, 15) is 9.59 Å². The van der Waals surface area contributed by atoms with Gasteiger partial charge in [0.15, 0.2) is 0 Å². The SMILES string of the molecule is Cl.Cl.O=C(O)CCN1CCCC(NC(=O)N2CCN(C3CCNCC3)CC2)C1. The van der Waals surface area contributed by atoms with Gasteiger partial charge in [-0.15, -0.1) is 24.8 Å². The average Bonchev–Trinajstić information content (AvgIpc) is 2.67. The van der Waals surface area contributed by atoms with Crippen molar-refractivity contribution in [3.8, 4) is 0 Å². The maximum Gasteiger partial charge on any atom is 0.317 e. The maximum absolute atomic E-state index is 12.6. The standard InChI is InChI=1S/C18H33N5O3.2ClH/c24-17(25)5-9-21-8-1-2-15(14-21)20-18(26)23-12-10-22(11-13-23)16-3-6-19-7-4-16;;/h15-16,19H,1-14H2,(H,20,26)(H,24,25);2*1H. The first-order valence-corrected chi connectivity index (χ1v) is 10.1. The Morgan fingerprint density at radius 1 is 1.00 bits per heavy atom. The number of carboxylic acid groups (broad SMARTS) is 1. The van der Waals surface area contributed by atoms with Crippen LogP contribution in [0.3, 0.4) is 0 Å². The third kappa shape index (κ3) is 7.55. The van der Waals surface area contributed by atoms with Crippen molar-refractivity contribution in [2.75, 3.05) is 58.9 Å². The van der Waals surface area contributed by atoms with Crippen LogP contribution in [0, 0.1) is 0 Å². The van der Waals surface area contributed by atoms with Gasteiger partial charge in [0.05, 0.1) is 6.42 Å². The molecule has 2 amide bonds. The summed E-state index contributed by atoms with van der Waals surface area (Å²) in [5.41, 5.74) is 0. The molecule has 3 saturated heterocycles. The zero-order valence-corrected chi connectivity index (χ0v) is 18.1. The summed E-state index contributed by atoms with van der Waals surface area (Å²) in [4.78, 5) is 30.0. The van der Waals surface area contributed by atoms with Crippen molar-refractivity contribution >= 4 is 36.8 Å². The fraction of sp³-hybridized carbons (Fsp3) is 0.889. The molecule has 3 fully saturated rings. The van der Waals surface area contributed by atoms with Crippen LogP contribution in [0.1, 0.15) is 32.1 Å². The fourth-order valence-corrected chi connectivity index (χ4v) is 4.36. The minimum absolute atomic E-state index is 0. The molecule has 3 aliphatic heterocycles. The number of hydrogen-bond donors (Lipinski definition) is 3. The van der Waals surface area contributed by atoms with E-state index < -0.39 is 5.97 Å². The van der Waals surface area contributed by atoms with Crippen LogP contribution < -0.4 is 10.6 Å². The van der Waals surface area contributed by atoms with Crippen LogP contribution in [-0.2, 0) is 4.79 Å². The Morgan fingerprint density at radius 2 is 1.68 bits per heavy atom. The Bertz CT molecular complexity index is 486. The highest BCUT2D eigenvalue weighted by molar-refractivity contribution is 5.85. The molecule has 28 heavy (non-hydrogen) atoms. The molecule has 1 atom stereocenters. The Balaban J connectivity index is 0.00000196. The van der Waals surface area contributed by atoms with Crippen molar-refractivity contribution in [2.45, 2.75) is 44.2 Å². The number of nitrogens with one attached hydrogen (secondary N) is 2. The summed E-state index contributed by atoms with van der Waals surface area (Å²) in [6.07, 6.45) is 4.57. The third-order valence-corrected chi connectivity index (χ3v) is 5.90. The van der Waals surface area contributed by atoms with Gasteiger partial charge in [-0.25, -0.2) is 4.79 Å². The van der Waals surface area contributed by atoms with Crippen molar-refractivity contribution in [2.24, 2.45) is 0 Å². The summed E-state index contributed by atoms with van der Waals surface area (Å²) in [7, 11) is 0. The van der Waals surface area contributed by atoms with Crippen molar-refractivity contribution in [1.29, 1.82) is 0 Å². The molecule has 0 spiro atoms. The predicted molar refractivity (Wildman–Crippen MR) is 114 cm³/mol. The van der Waals surface area contributed by atoms with Gasteiger partial charge < -0.3 is 25.5 Å². The quantitative estimate of drug-likeness (QED) is 0.588. The molecule has 8 nitrogen and oxygen atoms in total. The lowest BCUT2D eigenvalue weighted by atomic mass is 10.0. The van der Waals surface area contributed by atoms with Crippen molar-refractivity contribution in [3.63, 3.8) is 0 Å². The van der Waals surface area contributed by atoms with Gasteiger partial charge in [0.2, 0.25) is 0 Å². The summed E-state index contributed by atoms with van der Waals surface area (Å²) in [6.45, 7) is 7.98. The van der Waals surface area contributed by atoms with Gasteiger partial charge in [0.25, 0.3) is 0 Å². The zero-order chi connectivity index (χ0) is 18.4. The topological polar surface area (TPSA) is 88.1 Å².